The van der Waals surface area contributed by atoms with Gasteiger partial charge in [-0.3, -0.25) is 4.98 Å². The zero-order valence-electron chi connectivity index (χ0n) is 16.8. The van der Waals surface area contributed by atoms with Crippen molar-refractivity contribution in [2.75, 3.05) is 0 Å². The van der Waals surface area contributed by atoms with E-state index in [1.807, 2.05) is 49.4 Å². The van der Waals surface area contributed by atoms with Crippen molar-refractivity contribution in [2.24, 2.45) is 0 Å². The maximum absolute atomic E-state index is 14.1. The number of pyridine rings is 1. The maximum Gasteiger partial charge on any atom is 0.226 e. The quantitative estimate of drug-likeness (QED) is 0.315. The highest BCUT2D eigenvalue weighted by Gasteiger charge is 2.17. The van der Waals surface area contributed by atoms with Crippen LogP contribution in [0.2, 0.25) is 0 Å². The molecule has 0 radical (unpaired) electrons. The van der Waals surface area contributed by atoms with Crippen LogP contribution in [0.5, 0.6) is 0 Å². The van der Waals surface area contributed by atoms with Crippen LogP contribution in [0.1, 0.15) is 17.0 Å². The first-order chi connectivity index (χ1) is 15.2. The number of hydrogen-bond acceptors (Lipinski definition) is 5. The van der Waals surface area contributed by atoms with E-state index >= 15 is 0 Å². The van der Waals surface area contributed by atoms with Gasteiger partial charge in [0.05, 0.1) is 23.8 Å². The first kappa shape index (κ1) is 19.5. The molecule has 7 heteroatoms. The van der Waals surface area contributed by atoms with Gasteiger partial charge in [-0.25, -0.2) is 14.4 Å². The van der Waals surface area contributed by atoms with E-state index in [1.54, 1.807) is 24.5 Å². The van der Waals surface area contributed by atoms with Crippen LogP contribution in [0.15, 0.2) is 82.6 Å². The number of hydrogen-bond donors (Lipinski definition) is 0. The second-order valence-electron chi connectivity index (χ2n) is 7.11. The lowest BCUT2D eigenvalue weighted by Gasteiger charge is -2.08. The Kier molecular flexibility index (Phi) is 5.26. The van der Waals surface area contributed by atoms with Crippen molar-refractivity contribution in [3.05, 3.63) is 95.9 Å². The molecule has 2 aromatic carbocycles. The van der Waals surface area contributed by atoms with Gasteiger partial charge in [0.2, 0.25) is 5.89 Å². The second kappa shape index (κ2) is 8.35. The van der Waals surface area contributed by atoms with Gasteiger partial charge in [0.1, 0.15) is 17.3 Å². The number of nitrogens with zero attached hydrogens (tertiary/aromatic N) is 4. The average molecular weight is 431 g/mol. The Hall–Kier alpha value is -3.45. The third-order valence-corrected chi connectivity index (χ3v) is 6.08. The van der Waals surface area contributed by atoms with E-state index in [9.17, 15) is 4.39 Å². The Labute approximate surface area is 183 Å². The molecule has 0 unspecified atom stereocenters. The lowest BCUT2D eigenvalue weighted by molar-refractivity contribution is 0.537. The van der Waals surface area contributed by atoms with Crippen LogP contribution in [0, 0.1) is 12.7 Å². The summed E-state index contributed by atoms with van der Waals surface area (Å²) in [4.78, 5) is 13.7. The number of imidazole rings is 1. The van der Waals surface area contributed by atoms with E-state index in [-0.39, 0.29) is 5.82 Å². The molecule has 0 saturated heterocycles. The number of thioether (sulfide) groups is 1. The standard InChI is InChI=1S/C24H19FN4OS/c1-16-21(27-23(30-16)17-7-3-2-4-8-17)14-29-22-13-26-12-11-20(22)28-24(29)31-15-18-9-5-6-10-19(18)25/h2-13H,14-15H2,1H3. The second-order valence-corrected chi connectivity index (χ2v) is 8.06. The minimum atomic E-state index is -0.209. The smallest absolute Gasteiger partial charge is 0.226 e. The topological polar surface area (TPSA) is 56.7 Å². The number of benzene rings is 2. The highest BCUT2D eigenvalue weighted by Crippen LogP contribution is 2.29. The molecule has 0 aliphatic heterocycles. The van der Waals surface area contributed by atoms with Gasteiger partial charge in [-0.2, -0.15) is 0 Å². The Balaban J connectivity index is 1.49. The molecule has 3 heterocycles. The van der Waals surface area contributed by atoms with Crippen molar-refractivity contribution < 1.29 is 8.81 Å². The normalized spacial score (nSPS) is 11.3. The van der Waals surface area contributed by atoms with Gasteiger partial charge in [0, 0.05) is 17.5 Å². The third kappa shape index (κ3) is 3.96. The summed E-state index contributed by atoms with van der Waals surface area (Å²) in [6, 6.07) is 18.5. The average Bonchev–Trinajstić information content (AvgIpc) is 3.34. The van der Waals surface area contributed by atoms with Crippen molar-refractivity contribution in [2.45, 2.75) is 24.4 Å². The number of aryl methyl sites for hydroxylation is 1. The molecular formula is C24H19FN4OS. The Morgan fingerprint density at radius 1 is 1.00 bits per heavy atom. The summed E-state index contributed by atoms with van der Waals surface area (Å²) in [5, 5.41) is 0.787. The number of halogens is 1. The molecular weight excluding hydrogens is 411 g/mol. The summed E-state index contributed by atoms with van der Waals surface area (Å²) >= 11 is 1.49. The predicted molar refractivity (Wildman–Crippen MR) is 119 cm³/mol. The van der Waals surface area contributed by atoms with E-state index in [0.29, 0.717) is 23.8 Å². The summed E-state index contributed by atoms with van der Waals surface area (Å²) in [6.07, 6.45) is 3.52. The molecule has 5 nitrogen and oxygen atoms in total. The van der Waals surface area contributed by atoms with Crippen molar-refractivity contribution >= 4 is 22.8 Å². The Morgan fingerprint density at radius 2 is 1.81 bits per heavy atom. The van der Waals surface area contributed by atoms with E-state index < -0.39 is 0 Å². The molecule has 5 rings (SSSR count). The van der Waals surface area contributed by atoms with Crippen LogP contribution in [-0.4, -0.2) is 19.5 Å². The highest BCUT2D eigenvalue weighted by atomic mass is 32.2. The minimum Gasteiger partial charge on any atom is -0.441 e. The minimum absolute atomic E-state index is 0.209. The molecule has 3 aromatic heterocycles. The lowest BCUT2D eigenvalue weighted by Crippen LogP contribution is -2.04. The number of oxazole rings is 1. The van der Waals surface area contributed by atoms with Crippen LogP contribution < -0.4 is 0 Å². The van der Waals surface area contributed by atoms with Crippen LogP contribution in [0.25, 0.3) is 22.5 Å². The molecule has 0 amide bonds. The number of aromatic nitrogens is 4. The van der Waals surface area contributed by atoms with Gasteiger partial charge >= 0.3 is 0 Å². The zero-order valence-corrected chi connectivity index (χ0v) is 17.6. The Morgan fingerprint density at radius 3 is 2.65 bits per heavy atom. The van der Waals surface area contributed by atoms with Crippen molar-refractivity contribution in [1.82, 2.24) is 19.5 Å². The summed E-state index contributed by atoms with van der Waals surface area (Å²) < 4.78 is 22.1. The van der Waals surface area contributed by atoms with Crippen molar-refractivity contribution in [3.8, 4) is 11.5 Å². The van der Waals surface area contributed by atoms with Crippen molar-refractivity contribution in [1.29, 1.82) is 0 Å². The molecule has 0 atom stereocenters. The van der Waals surface area contributed by atoms with Crippen LogP contribution >= 0.6 is 11.8 Å². The van der Waals surface area contributed by atoms with Gasteiger partial charge in [-0.15, -0.1) is 0 Å². The summed E-state index contributed by atoms with van der Waals surface area (Å²) in [6.45, 7) is 2.41. The van der Waals surface area contributed by atoms with Gasteiger partial charge < -0.3 is 8.98 Å². The SMILES string of the molecule is Cc1oc(-c2ccccc2)nc1Cn1c(SCc2ccccc2F)nc2ccncc21. The largest absolute Gasteiger partial charge is 0.441 e. The monoisotopic (exact) mass is 430 g/mol. The zero-order chi connectivity index (χ0) is 21.2. The first-order valence-electron chi connectivity index (χ1n) is 9.87. The van der Waals surface area contributed by atoms with Gasteiger partial charge in [0.15, 0.2) is 5.16 Å². The molecule has 0 aliphatic rings. The highest BCUT2D eigenvalue weighted by molar-refractivity contribution is 7.98. The molecule has 0 saturated carbocycles. The van der Waals surface area contributed by atoms with E-state index in [4.69, 9.17) is 14.4 Å². The lowest BCUT2D eigenvalue weighted by atomic mass is 10.2. The third-order valence-electron chi connectivity index (χ3n) is 5.05. The van der Waals surface area contributed by atoms with Crippen LogP contribution in [0.4, 0.5) is 4.39 Å². The first-order valence-corrected chi connectivity index (χ1v) is 10.9. The fourth-order valence-corrected chi connectivity index (χ4v) is 4.40. The molecule has 0 spiro atoms. The fraction of sp³-hybridized carbons (Fsp3) is 0.125. The summed E-state index contributed by atoms with van der Waals surface area (Å²) in [5.74, 6) is 1.63. The molecule has 5 aromatic rings. The van der Waals surface area contributed by atoms with Crippen LogP contribution in [0.3, 0.4) is 0 Å². The molecule has 0 bridgehead atoms. The van der Waals surface area contributed by atoms with E-state index in [0.717, 1.165) is 33.2 Å². The summed E-state index contributed by atoms with van der Waals surface area (Å²) in [5.41, 5.74) is 4.16. The molecule has 0 aliphatic carbocycles. The van der Waals surface area contributed by atoms with E-state index in [2.05, 4.69) is 9.55 Å². The molecule has 0 N–H and O–H groups in total. The van der Waals surface area contributed by atoms with Gasteiger partial charge in [0.25, 0.3) is 0 Å². The maximum atomic E-state index is 14.1. The van der Waals surface area contributed by atoms with E-state index in [1.165, 1.54) is 17.8 Å². The number of fused-ring (bicyclic) bond motifs is 1. The molecule has 154 valence electrons. The van der Waals surface area contributed by atoms with Gasteiger partial charge in [-0.05, 0) is 36.8 Å². The van der Waals surface area contributed by atoms with Gasteiger partial charge in [-0.1, -0.05) is 48.2 Å². The molecule has 0 fully saturated rings. The van der Waals surface area contributed by atoms with Crippen LogP contribution in [-0.2, 0) is 12.3 Å². The predicted octanol–water partition coefficient (Wildman–Crippen LogP) is 5.87. The summed E-state index contributed by atoms with van der Waals surface area (Å²) in [7, 11) is 0. The Bertz CT molecular complexity index is 1350. The van der Waals surface area contributed by atoms with Crippen molar-refractivity contribution in [3.63, 3.8) is 0 Å². The number of rotatable bonds is 6. The fourth-order valence-electron chi connectivity index (χ4n) is 3.40. The molecule has 31 heavy (non-hydrogen) atoms.